The summed E-state index contributed by atoms with van der Waals surface area (Å²) in [5, 5.41) is 28.5. The molecule has 0 spiro atoms. The lowest BCUT2D eigenvalue weighted by Crippen LogP contribution is -2.66. The van der Waals surface area contributed by atoms with E-state index >= 15 is 0 Å². The summed E-state index contributed by atoms with van der Waals surface area (Å²) < 4.78 is 8.22. The van der Waals surface area contributed by atoms with Crippen LogP contribution in [0, 0.1) is 62.1 Å². The van der Waals surface area contributed by atoms with Crippen molar-refractivity contribution in [3.8, 4) is 17.6 Å². The van der Waals surface area contributed by atoms with Crippen LogP contribution in [0.15, 0.2) is 29.5 Å². The number of nitriles is 1. The quantitative estimate of drug-likeness (QED) is 0.277. The van der Waals surface area contributed by atoms with E-state index in [-0.39, 0.29) is 51.8 Å². The number of ketones is 1. The summed E-state index contributed by atoms with van der Waals surface area (Å²) in [4.78, 5) is 43.7. The number of esters is 1. The number of carboxylic acids is 1. The molecule has 10 heteroatoms. The zero-order chi connectivity index (χ0) is 39.4. The van der Waals surface area contributed by atoms with Gasteiger partial charge in [0, 0.05) is 25.1 Å². The molecule has 7 rings (SSSR count). The molecule has 1 N–H and O–H groups in total. The van der Waals surface area contributed by atoms with Crippen LogP contribution in [0.25, 0.3) is 11.5 Å². The van der Waals surface area contributed by atoms with Crippen molar-refractivity contribution in [2.75, 3.05) is 0 Å². The Balaban J connectivity index is 1.22. The van der Waals surface area contributed by atoms with Gasteiger partial charge in [-0.25, -0.2) is 0 Å². The first kappa shape index (κ1) is 38.4. The summed E-state index contributed by atoms with van der Waals surface area (Å²) in [6.45, 7) is 19.6. The first-order valence-corrected chi connectivity index (χ1v) is 20.1. The minimum absolute atomic E-state index is 0.0283. The number of aromatic nitrogens is 4. The summed E-state index contributed by atoms with van der Waals surface area (Å²) in [6.07, 6.45) is 9.37. The summed E-state index contributed by atoms with van der Waals surface area (Å²) in [5.74, 6) is 1.48. The maximum Gasteiger partial charge on any atom is 0.309 e. The van der Waals surface area contributed by atoms with E-state index in [1.165, 1.54) is 5.57 Å². The van der Waals surface area contributed by atoms with E-state index in [2.05, 4.69) is 64.6 Å². The molecular weight excluding hydrogens is 679 g/mol. The molecule has 0 bridgehead atoms. The molecule has 8 atom stereocenters. The second kappa shape index (κ2) is 12.6. The third kappa shape index (κ3) is 5.29. The molecule has 0 aromatic carbocycles. The van der Waals surface area contributed by atoms with Crippen molar-refractivity contribution in [1.29, 1.82) is 5.26 Å². The van der Waals surface area contributed by atoms with E-state index in [0.717, 1.165) is 62.8 Å². The minimum atomic E-state index is -1.17. The SMILES string of the molecule is CC(C)C1=C2C3CC[C@H]4C(C)(CC[C@H]5C(C)(C)[C@@H](OC(=O)CC(C)(C)C(=O)O)CC[C@@]54C)[C@]3(C)CC[C@@]2(c2nnc(-c3ccc(C#N)cn3)n2C)CC1=O. The standard InChI is InChI=1S/C44H59N5O5/c1-25(2)34-29(50)21-44(37-48-47-36(49(37)10)28-13-11-26(23-45)24-46-28)20-19-42(8)27(35(34)44)12-14-31-41(7)17-16-32(54-33(51)22-39(3,4)38(52)53)40(5,6)30(41)15-18-43(31,42)9/h11,13,24-25,27,30-32H,12,14-22H2,1-10H3,(H,52,53)/t27?,30-,31+,32-,41-,42+,43?,44+/m0/s1. The third-order valence-electron chi connectivity index (χ3n) is 16.2. The molecule has 0 radical (unpaired) electrons. The highest BCUT2D eigenvalue weighted by molar-refractivity contribution is 6.01. The van der Waals surface area contributed by atoms with Crippen LogP contribution in [-0.2, 0) is 31.6 Å². The van der Waals surface area contributed by atoms with Crippen molar-refractivity contribution in [3.63, 3.8) is 0 Å². The second-order valence-corrected chi connectivity index (χ2v) is 19.9. The molecule has 290 valence electrons. The van der Waals surface area contributed by atoms with E-state index in [4.69, 9.17) is 9.84 Å². The number of carbonyl (C=O) groups is 3. The van der Waals surface area contributed by atoms with Gasteiger partial charge in [0.05, 0.1) is 22.8 Å². The number of aliphatic carboxylic acids is 1. The summed E-state index contributed by atoms with van der Waals surface area (Å²) >= 11 is 0. The van der Waals surface area contributed by atoms with Crippen LogP contribution in [0.5, 0.6) is 0 Å². The normalized spacial score (nSPS) is 35.8. The van der Waals surface area contributed by atoms with E-state index in [0.29, 0.717) is 35.3 Å². The van der Waals surface area contributed by atoms with Crippen LogP contribution in [0.3, 0.4) is 0 Å². The first-order chi connectivity index (χ1) is 25.2. The predicted octanol–water partition coefficient (Wildman–Crippen LogP) is 8.39. The van der Waals surface area contributed by atoms with Gasteiger partial charge in [0.2, 0.25) is 0 Å². The van der Waals surface area contributed by atoms with Gasteiger partial charge in [-0.15, -0.1) is 10.2 Å². The fourth-order valence-corrected chi connectivity index (χ4v) is 13.3. The monoisotopic (exact) mass is 737 g/mol. The molecular formula is C44H59N5O5. The zero-order valence-corrected chi connectivity index (χ0v) is 34.0. The number of fused-ring (bicyclic) bond motifs is 7. The molecule has 0 amide bonds. The van der Waals surface area contributed by atoms with Crippen LogP contribution >= 0.6 is 0 Å². The average molecular weight is 738 g/mol. The van der Waals surface area contributed by atoms with E-state index in [9.17, 15) is 24.8 Å². The smallest absolute Gasteiger partial charge is 0.309 e. The number of Topliss-reactive ketones (excluding diaryl/α,β-unsaturated/α-hetero) is 1. The molecule has 10 nitrogen and oxygen atoms in total. The predicted molar refractivity (Wildman–Crippen MR) is 204 cm³/mol. The largest absolute Gasteiger partial charge is 0.481 e. The molecule has 4 fully saturated rings. The number of hydrogen-bond acceptors (Lipinski definition) is 8. The van der Waals surface area contributed by atoms with Crippen molar-refractivity contribution < 1.29 is 24.2 Å². The van der Waals surface area contributed by atoms with E-state index in [1.54, 1.807) is 26.1 Å². The zero-order valence-electron chi connectivity index (χ0n) is 34.0. The summed E-state index contributed by atoms with van der Waals surface area (Å²) in [6, 6.07) is 5.70. The molecule has 2 unspecified atom stereocenters. The Hall–Kier alpha value is -3.87. The van der Waals surface area contributed by atoms with Crippen molar-refractivity contribution in [2.24, 2.45) is 57.8 Å². The molecule has 2 heterocycles. The van der Waals surface area contributed by atoms with Gasteiger partial charge in [0.15, 0.2) is 11.6 Å². The lowest BCUT2D eigenvalue weighted by Gasteiger charge is -2.72. The Labute approximate surface area is 320 Å². The van der Waals surface area contributed by atoms with Gasteiger partial charge < -0.3 is 14.4 Å². The van der Waals surface area contributed by atoms with Crippen LogP contribution in [-0.4, -0.2) is 48.7 Å². The summed E-state index contributed by atoms with van der Waals surface area (Å²) in [7, 11) is 1.99. The maximum atomic E-state index is 14.3. The average Bonchev–Trinajstić information content (AvgIpc) is 3.63. The minimum Gasteiger partial charge on any atom is -0.481 e. The molecule has 54 heavy (non-hydrogen) atoms. The van der Waals surface area contributed by atoms with E-state index < -0.39 is 22.8 Å². The Kier molecular flexibility index (Phi) is 8.94. The van der Waals surface area contributed by atoms with Crippen LogP contribution in [0.4, 0.5) is 0 Å². The fourth-order valence-electron chi connectivity index (χ4n) is 13.3. The third-order valence-corrected chi connectivity index (χ3v) is 16.2. The van der Waals surface area contributed by atoms with Crippen molar-refractivity contribution in [1.82, 2.24) is 19.7 Å². The van der Waals surface area contributed by atoms with Crippen LogP contribution in [0.2, 0.25) is 0 Å². The van der Waals surface area contributed by atoms with Gasteiger partial charge in [0.1, 0.15) is 23.7 Å². The molecule has 2 aromatic rings. The topological polar surface area (TPSA) is 148 Å². The Morgan fingerprint density at radius 1 is 1.00 bits per heavy atom. The van der Waals surface area contributed by atoms with Gasteiger partial charge in [0.25, 0.3) is 0 Å². The highest BCUT2D eigenvalue weighted by Crippen LogP contribution is 2.76. The number of ether oxygens (including phenoxy) is 1. The number of nitrogens with zero attached hydrogens (tertiary/aromatic N) is 5. The number of carbonyl (C=O) groups excluding carboxylic acids is 2. The molecule has 4 saturated carbocycles. The number of rotatable bonds is 7. The molecule has 5 aliphatic carbocycles. The number of hydrogen-bond donors (Lipinski definition) is 1. The van der Waals surface area contributed by atoms with Gasteiger partial charge in [-0.05, 0) is 128 Å². The lowest BCUT2D eigenvalue weighted by atomic mass is 9.33. The Bertz CT molecular complexity index is 1970. The Morgan fingerprint density at radius 3 is 2.35 bits per heavy atom. The maximum absolute atomic E-state index is 14.3. The van der Waals surface area contributed by atoms with Crippen LogP contribution < -0.4 is 0 Å². The highest BCUT2D eigenvalue weighted by Gasteiger charge is 2.71. The first-order valence-electron chi connectivity index (χ1n) is 20.1. The molecule has 2 aromatic heterocycles. The summed E-state index contributed by atoms with van der Waals surface area (Å²) in [5.41, 5.74) is 1.58. The second-order valence-electron chi connectivity index (χ2n) is 19.9. The highest BCUT2D eigenvalue weighted by atomic mass is 16.5. The molecule has 0 aliphatic heterocycles. The number of allylic oxidation sites excluding steroid dienone is 2. The molecule has 5 aliphatic rings. The fraction of sp³-hybridized carbons (Fsp3) is 0.705. The van der Waals surface area contributed by atoms with Gasteiger partial charge in [-0.2, -0.15) is 5.26 Å². The van der Waals surface area contributed by atoms with Gasteiger partial charge >= 0.3 is 11.9 Å². The number of carboxylic acid groups (broad SMARTS) is 1. The Morgan fingerprint density at radius 2 is 1.72 bits per heavy atom. The van der Waals surface area contributed by atoms with Crippen LogP contribution in [0.1, 0.15) is 138 Å². The van der Waals surface area contributed by atoms with Crippen molar-refractivity contribution in [2.45, 2.75) is 138 Å². The van der Waals surface area contributed by atoms with Crippen molar-refractivity contribution in [3.05, 3.63) is 40.9 Å². The van der Waals surface area contributed by atoms with Gasteiger partial charge in [-0.3, -0.25) is 19.4 Å². The van der Waals surface area contributed by atoms with Gasteiger partial charge in [-0.1, -0.05) is 48.5 Å². The molecule has 0 saturated heterocycles. The lowest BCUT2D eigenvalue weighted by molar-refractivity contribution is -0.232. The number of pyridine rings is 1. The van der Waals surface area contributed by atoms with E-state index in [1.807, 2.05) is 17.7 Å². The van der Waals surface area contributed by atoms with Crippen molar-refractivity contribution >= 4 is 17.7 Å².